The highest BCUT2D eigenvalue weighted by Gasteiger charge is 2.00. The normalized spacial score (nSPS) is 8.89. The number of nitrogen functional groups attached to an aromatic ring is 1. The summed E-state index contributed by atoms with van der Waals surface area (Å²) in [6, 6.07) is 3.68. The predicted molar refractivity (Wildman–Crippen MR) is 41.1 cm³/mol. The summed E-state index contributed by atoms with van der Waals surface area (Å²) < 4.78 is 0.900. The van der Waals surface area contributed by atoms with Crippen molar-refractivity contribution in [3.05, 3.63) is 15.4 Å². The fourth-order valence-electron chi connectivity index (χ4n) is 0.461. The Morgan fingerprint density at radius 1 is 1.78 bits per heavy atom. The van der Waals surface area contributed by atoms with Gasteiger partial charge >= 0.3 is 0 Å². The molecule has 0 saturated carbocycles. The van der Waals surface area contributed by atoms with Crippen molar-refractivity contribution in [1.29, 1.82) is 5.26 Å². The first-order chi connectivity index (χ1) is 4.24. The molecular weight excluding hydrogens is 200 g/mol. The number of halogens is 1. The van der Waals surface area contributed by atoms with Crippen LogP contribution in [0.4, 0.5) is 5.00 Å². The molecule has 46 valence electrons. The van der Waals surface area contributed by atoms with Crippen LogP contribution in [0.25, 0.3) is 0 Å². The molecule has 0 unspecified atom stereocenters. The van der Waals surface area contributed by atoms with Gasteiger partial charge in [-0.2, -0.15) is 5.26 Å². The van der Waals surface area contributed by atoms with Crippen molar-refractivity contribution < 1.29 is 0 Å². The van der Waals surface area contributed by atoms with Gasteiger partial charge < -0.3 is 5.73 Å². The molecule has 0 aromatic carbocycles. The van der Waals surface area contributed by atoms with Crippen molar-refractivity contribution in [2.75, 3.05) is 5.73 Å². The molecule has 9 heavy (non-hydrogen) atoms. The summed E-state index contributed by atoms with van der Waals surface area (Å²) >= 11 is 4.58. The van der Waals surface area contributed by atoms with Crippen molar-refractivity contribution >= 4 is 32.3 Å². The minimum absolute atomic E-state index is 0.548. The van der Waals surface area contributed by atoms with E-state index >= 15 is 0 Å². The minimum atomic E-state index is 0.548. The lowest BCUT2D eigenvalue weighted by molar-refractivity contribution is 1.51. The first kappa shape index (κ1) is 6.59. The van der Waals surface area contributed by atoms with Gasteiger partial charge in [-0.05, 0) is 22.0 Å². The molecule has 0 spiro atoms. The molecule has 0 saturated heterocycles. The topological polar surface area (TPSA) is 49.8 Å². The largest absolute Gasteiger partial charge is 0.389 e. The molecule has 2 N–H and O–H groups in total. The van der Waals surface area contributed by atoms with E-state index in [1.165, 1.54) is 11.3 Å². The van der Waals surface area contributed by atoms with Gasteiger partial charge in [-0.1, -0.05) is 0 Å². The maximum absolute atomic E-state index is 8.39. The van der Waals surface area contributed by atoms with Crippen LogP contribution in [0.2, 0.25) is 0 Å². The Labute approximate surface area is 65.0 Å². The highest BCUT2D eigenvalue weighted by Crippen LogP contribution is 2.28. The summed E-state index contributed by atoms with van der Waals surface area (Å²) in [5, 5.41) is 8.96. The van der Waals surface area contributed by atoms with Crippen molar-refractivity contribution in [3.8, 4) is 6.07 Å². The molecular formula is C5H3BrN2S. The third-order valence-electron chi connectivity index (χ3n) is 0.851. The molecule has 0 bridgehead atoms. The van der Waals surface area contributed by atoms with E-state index in [4.69, 9.17) is 11.0 Å². The standard InChI is InChI=1S/C5H3BrN2S/c6-4-1-3(2-7)5(8)9-4/h1H,8H2. The Morgan fingerprint density at radius 2 is 2.44 bits per heavy atom. The van der Waals surface area contributed by atoms with Gasteiger partial charge in [0.1, 0.15) is 11.1 Å². The second kappa shape index (κ2) is 2.38. The van der Waals surface area contributed by atoms with Crippen LogP contribution < -0.4 is 5.73 Å². The first-order valence-corrected chi connectivity index (χ1v) is 3.80. The number of thiophene rings is 1. The minimum Gasteiger partial charge on any atom is -0.389 e. The Hall–Kier alpha value is -0.530. The van der Waals surface area contributed by atoms with E-state index in [-0.39, 0.29) is 0 Å². The van der Waals surface area contributed by atoms with E-state index < -0.39 is 0 Å². The van der Waals surface area contributed by atoms with Crippen molar-refractivity contribution in [2.45, 2.75) is 0 Å². The summed E-state index contributed by atoms with van der Waals surface area (Å²) in [5.41, 5.74) is 5.97. The molecule has 0 aliphatic carbocycles. The lowest BCUT2D eigenvalue weighted by Crippen LogP contribution is -1.80. The smallest absolute Gasteiger partial charge is 0.105 e. The van der Waals surface area contributed by atoms with Crippen LogP contribution in [0, 0.1) is 11.3 Å². The number of nitrogens with zero attached hydrogens (tertiary/aromatic N) is 1. The van der Waals surface area contributed by atoms with Gasteiger partial charge in [-0.25, -0.2) is 0 Å². The fraction of sp³-hybridized carbons (Fsp3) is 0. The van der Waals surface area contributed by atoms with E-state index in [9.17, 15) is 0 Å². The van der Waals surface area contributed by atoms with Crippen LogP contribution in [0.15, 0.2) is 9.85 Å². The Balaban J connectivity index is 3.20. The van der Waals surface area contributed by atoms with Gasteiger partial charge in [-0.15, -0.1) is 11.3 Å². The second-order valence-corrected chi connectivity index (χ2v) is 3.90. The number of hydrogen-bond donors (Lipinski definition) is 1. The SMILES string of the molecule is N#Cc1cc(Br)sc1N. The van der Waals surface area contributed by atoms with Crippen LogP contribution >= 0.6 is 27.3 Å². The number of anilines is 1. The van der Waals surface area contributed by atoms with Crippen LogP contribution in [0.5, 0.6) is 0 Å². The van der Waals surface area contributed by atoms with E-state index in [0.29, 0.717) is 10.6 Å². The Morgan fingerprint density at radius 3 is 2.67 bits per heavy atom. The zero-order valence-corrected chi connectivity index (χ0v) is 6.79. The number of nitriles is 1. The van der Waals surface area contributed by atoms with Gasteiger partial charge in [0.05, 0.1) is 9.35 Å². The van der Waals surface area contributed by atoms with Crippen molar-refractivity contribution in [3.63, 3.8) is 0 Å². The molecule has 1 aromatic rings. The molecule has 1 aromatic heterocycles. The molecule has 4 heteroatoms. The molecule has 0 fully saturated rings. The maximum atomic E-state index is 8.39. The van der Waals surface area contributed by atoms with Crippen LogP contribution in [0.1, 0.15) is 5.56 Å². The van der Waals surface area contributed by atoms with E-state index in [1.54, 1.807) is 6.07 Å². The van der Waals surface area contributed by atoms with E-state index in [1.807, 2.05) is 6.07 Å². The van der Waals surface area contributed by atoms with Crippen LogP contribution in [-0.4, -0.2) is 0 Å². The van der Waals surface area contributed by atoms with Crippen molar-refractivity contribution in [2.24, 2.45) is 0 Å². The molecule has 1 rings (SSSR count). The number of rotatable bonds is 0. The van der Waals surface area contributed by atoms with E-state index in [2.05, 4.69) is 15.9 Å². The summed E-state index contributed by atoms with van der Waals surface area (Å²) in [4.78, 5) is 0. The monoisotopic (exact) mass is 202 g/mol. The van der Waals surface area contributed by atoms with Gasteiger partial charge in [0.15, 0.2) is 0 Å². The Bertz CT molecular complexity index is 260. The van der Waals surface area contributed by atoms with Gasteiger partial charge in [0.25, 0.3) is 0 Å². The van der Waals surface area contributed by atoms with Crippen LogP contribution in [-0.2, 0) is 0 Å². The fourth-order valence-corrected chi connectivity index (χ4v) is 1.81. The molecule has 2 nitrogen and oxygen atoms in total. The zero-order valence-electron chi connectivity index (χ0n) is 4.39. The molecule has 1 heterocycles. The first-order valence-electron chi connectivity index (χ1n) is 2.19. The summed E-state index contributed by atoms with van der Waals surface area (Å²) in [7, 11) is 0. The van der Waals surface area contributed by atoms with Gasteiger partial charge in [0.2, 0.25) is 0 Å². The molecule has 0 radical (unpaired) electrons. The third kappa shape index (κ3) is 1.23. The zero-order chi connectivity index (χ0) is 6.85. The highest BCUT2D eigenvalue weighted by molar-refractivity contribution is 9.11. The quantitative estimate of drug-likeness (QED) is 0.700. The van der Waals surface area contributed by atoms with E-state index in [0.717, 1.165) is 3.79 Å². The molecule has 0 atom stereocenters. The van der Waals surface area contributed by atoms with Gasteiger partial charge in [0, 0.05) is 0 Å². The lowest BCUT2D eigenvalue weighted by Gasteiger charge is -1.78. The second-order valence-electron chi connectivity index (χ2n) is 1.44. The average molecular weight is 203 g/mol. The molecule has 0 aliphatic heterocycles. The number of nitrogens with two attached hydrogens (primary N) is 1. The lowest BCUT2D eigenvalue weighted by atomic mass is 10.4. The Kier molecular flexibility index (Phi) is 1.74. The summed E-state index contributed by atoms with van der Waals surface area (Å²) in [5.74, 6) is 0. The highest BCUT2D eigenvalue weighted by atomic mass is 79.9. The number of hydrogen-bond acceptors (Lipinski definition) is 3. The average Bonchev–Trinajstić information content (AvgIpc) is 2.10. The maximum Gasteiger partial charge on any atom is 0.105 e. The third-order valence-corrected chi connectivity index (χ3v) is 2.32. The van der Waals surface area contributed by atoms with Crippen LogP contribution in [0.3, 0.4) is 0 Å². The molecule has 0 amide bonds. The predicted octanol–water partition coefficient (Wildman–Crippen LogP) is 1.96. The summed E-state index contributed by atoms with van der Waals surface area (Å²) in [6.07, 6.45) is 0. The van der Waals surface area contributed by atoms with Crippen molar-refractivity contribution in [1.82, 2.24) is 0 Å². The molecule has 0 aliphatic rings. The summed E-state index contributed by atoms with van der Waals surface area (Å²) in [6.45, 7) is 0. The van der Waals surface area contributed by atoms with Gasteiger partial charge in [-0.3, -0.25) is 0 Å².